The van der Waals surface area contributed by atoms with E-state index in [0.717, 1.165) is 17.4 Å². The van der Waals surface area contributed by atoms with Crippen LogP contribution in [0.1, 0.15) is 29.8 Å². The smallest absolute Gasteiger partial charge is 0.243 e. The molecule has 0 atom stereocenters. The molecule has 23 heavy (non-hydrogen) atoms. The van der Waals surface area contributed by atoms with Gasteiger partial charge in [0.25, 0.3) is 0 Å². The minimum atomic E-state index is -3.57. The Labute approximate surface area is 137 Å². The van der Waals surface area contributed by atoms with Gasteiger partial charge < -0.3 is 0 Å². The van der Waals surface area contributed by atoms with E-state index in [-0.39, 0.29) is 4.90 Å². The zero-order chi connectivity index (χ0) is 17.0. The molecular weight excluding hydrogens is 310 g/mol. The second kappa shape index (κ2) is 7.06. The third kappa shape index (κ3) is 3.21. The van der Waals surface area contributed by atoms with Crippen LogP contribution in [0.15, 0.2) is 47.4 Å². The molecule has 0 heterocycles. The van der Waals surface area contributed by atoms with Gasteiger partial charge in [-0.1, -0.05) is 50.2 Å². The highest BCUT2D eigenvalue weighted by Gasteiger charge is 2.25. The van der Waals surface area contributed by atoms with E-state index in [4.69, 9.17) is 0 Å². The lowest BCUT2D eigenvalue weighted by Crippen LogP contribution is -2.31. The highest BCUT2D eigenvalue weighted by Crippen LogP contribution is 2.32. The van der Waals surface area contributed by atoms with Crippen molar-refractivity contribution in [2.24, 2.45) is 0 Å². The van der Waals surface area contributed by atoms with Crippen LogP contribution >= 0.6 is 0 Å². The van der Waals surface area contributed by atoms with Crippen LogP contribution in [0.25, 0.3) is 11.1 Å². The van der Waals surface area contributed by atoms with E-state index in [2.05, 4.69) is 0 Å². The van der Waals surface area contributed by atoms with E-state index in [9.17, 15) is 13.2 Å². The first-order valence-electron chi connectivity index (χ1n) is 7.61. The minimum Gasteiger partial charge on any atom is -0.298 e. The van der Waals surface area contributed by atoms with Crippen molar-refractivity contribution in [3.8, 4) is 11.1 Å². The molecule has 0 spiro atoms. The average molecular weight is 331 g/mol. The first-order valence-corrected chi connectivity index (χ1v) is 9.05. The fourth-order valence-corrected chi connectivity index (χ4v) is 4.35. The van der Waals surface area contributed by atoms with Crippen molar-refractivity contribution < 1.29 is 13.2 Å². The quantitative estimate of drug-likeness (QED) is 0.761. The Morgan fingerprint density at radius 3 is 2.17 bits per heavy atom. The Kier molecular flexibility index (Phi) is 5.34. The molecule has 0 saturated heterocycles. The zero-order valence-corrected chi connectivity index (χ0v) is 14.4. The summed E-state index contributed by atoms with van der Waals surface area (Å²) in [6.45, 7) is 6.31. The predicted octanol–water partition coefficient (Wildman–Crippen LogP) is 3.51. The van der Waals surface area contributed by atoms with E-state index >= 15 is 0 Å². The van der Waals surface area contributed by atoms with Gasteiger partial charge in [0.05, 0.1) is 4.90 Å². The standard InChI is InChI=1S/C18H21NO3S/c1-4-19(5-2)23(21,22)18-12-7-6-10-17(18)16-11-8-9-15(13-20)14(16)3/h6-13H,4-5H2,1-3H3. The van der Waals surface area contributed by atoms with Crippen LogP contribution in [0.4, 0.5) is 0 Å². The Morgan fingerprint density at radius 2 is 1.57 bits per heavy atom. The average Bonchev–Trinajstić information content (AvgIpc) is 2.56. The van der Waals surface area contributed by atoms with Gasteiger partial charge in [0, 0.05) is 24.2 Å². The Bertz CT molecular complexity index is 809. The van der Waals surface area contributed by atoms with Gasteiger partial charge in [0.15, 0.2) is 0 Å². The minimum absolute atomic E-state index is 0.273. The summed E-state index contributed by atoms with van der Waals surface area (Å²) in [5.41, 5.74) is 2.74. The molecule has 4 nitrogen and oxygen atoms in total. The summed E-state index contributed by atoms with van der Waals surface area (Å²) >= 11 is 0. The summed E-state index contributed by atoms with van der Waals surface area (Å²) in [7, 11) is -3.57. The van der Waals surface area contributed by atoms with Crippen molar-refractivity contribution in [2.45, 2.75) is 25.7 Å². The van der Waals surface area contributed by atoms with Gasteiger partial charge in [-0.15, -0.1) is 0 Å². The molecular formula is C18H21NO3S. The SMILES string of the molecule is CCN(CC)S(=O)(=O)c1ccccc1-c1cccc(C=O)c1C. The van der Waals surface area contributed by atoms with E-state index in [1.165, 1.54) is 4.31 Å². The molecule has 0 aliphatic rings. The van der Waals surface area contributed by atoms with Gasteiger partial charge in [0.1, 0.15) is 6.29 Å². The molecule has 0 unspecified atom stereocenters. The maximum atomic E-state index is 12.9. The molecule has 0 saturated carbocycles. The van der Waals surface area contributed by atoms with Crippen molar-refractivity contribution in [3.63, 3.8) is 0 Å². The summed E-state index contributed by atoms with van der Waals surface area (Å²) in [6, 6.07) is 12.3. The monoisotopic (exact) mass is 331 g/mol. The molecule has 122 valence electrons. The largest absolute Gasteiger partial charge is 0.298 e. The molecule has 0 aliphatic carbocycles. The van der Waals surface area contributed by atoms with Gasteiger partial charge in [-0.3, -0.25) is 4.79 Å². The molecule has 0 aromatic heterocycles. The van der Waals surface area contributed by atoms with Gasteiger partial charge in [-0.25, -0.2) is 8.42 Å². The third-order valence-corrected chi connectivity index (χ3v) is 6.11. The summed E-state index contributed by atoms with van der Waals surface area (Å²) in [6.07, 6.45) is 0.792. The molecule has 0 fully saturated rings. The van der Waals surface area contributed by atoms with Crippen LogP contribution in [0.3, 0.4) is 0 Å². The molecule has 5 heteroatoms. The van der Waals surface area contributed by atoms with E-state index in [0.29, 0.717) is 24.2 Å². The summed E-state index contributed by atoms with van der Waals surface area (Å²) in [4.78, 5) is 11.4. The molecule has 0 radical (unpaired) electrons. The number of sulfonamides is 1. The number of hydrogen-bond donors (Lipinski definition) is 0. The number of carbonyl (C=O) groups is 1. The van der Waals surface area contributed by atoms with Gasteiger partial charge in [-0.05, 0) is 24.1 Å². The Hall–Kier alpha value is -1.98. The van der Waals surface area contributed by atoms with Crippen LogP contribution in [0.2, 0.25) is 0 Å². The molecule has 0 aliphatic heterocycles. The molecule has 0 N–H and O–H groups in total. The topological polar surface area (TPSA) is 54.5 Å². The van der Waals surface area contributed by atoms with Gasteiger partial charge >= 0.3 is 0 Å². The normalized spacial score (nSPS) is 11.7. The third-order valence-electron chi connectivity index (χ3n) is 4.00. The lowest BCUT2D eigenvalue weighted by atomic mass is 9.97. The summed E-state index contributed by atoms with van der Waals surface area (Å²) in [5.74, 6) is 0. The zero-order valence-electron chi connectivity index (χ0n) is 13.6. The van der Waals surface area contributed by atoms with Crippen LogP contribution in [0, 0.1) is 6.92 Å². The lowest BCUT2D eigenvalue weighted by molar-refractivity contribution is 0.112. The number of carbonyl (C=O) groups excluding carboxylic acids is 1. The second-order valence-corrected chi connectivity index (χ2v) is 7.13. The first kappa shape index (κ1) is 17.4. The van der Waals surface area contributed by atoms with E-state index in [1.54, 1.807) is 30.3 Å². The predicted molar refractivity (Wildman–Crippen MR) is 92.1 cm³/mol. The highest BCUT2D eigenvalue weighted by molar-refractivity contribution is 7.89. The lowest BCUT2D eigenvalue weighted by Gasteiger charge is -2.21. The summed E-state index contributed by atoms with van der Waals surface area (Å²) in [5, 5.41) is 0. The molecule has 2 aromatic carbocycles. The van der Waals surface area contributed by atoms with Crippen LogP contribution < -0.4 is 0 Å². The fourth-order valence-electron chi connectivity index (χ4n) is 2.69. The Balaban J connectivity index is 2.71. The number of rotatable bonds is 6. The van der Waals surface area contributed by atoms with Crippen molar-refractivity contribution >= 4 is 16.3 Å². The second-order valence-electron chi connectivity index (χ2n) is 5.22. The number of nitrogens with zero attached hydrogens (tertiary/aromatic N) is 1. The number of hydrogen-bond acceptors (Lipinski definition) is 3. The fraction of sp³-hybridized carbons (Fsp3) is 0.278. The Morgan fingerprint density at radius 1 is 0.957 bits per heavy atom. The molecule has 0 bridgehead atoms. The van der Waals surface area contributed by atoms with Gasteiger partial charge in [-0.2, -0.15) is 4.31 Å². The number of aldehydes is 1. The van der Waals surface area contributed by atoms with Crippen molar-refractivity contribution in [2.75, 3.05) is 13.1 Å². The van der Waals surface area contributed by atoms with Crippen LogP contribution in [-0.2, 0) is 10.0 Å². The van der Waals surface area contributed by atoms with Crippen molar-refractivity contribution in [3.05, 3.63) is 53.6 Å². The summed E-state index contributed by atoms with van der Waals surface area (Å²) < 4.78 is 27.3. The van der Waals surface area contributed by atoms with Crippen molar-refractivity contribution in [1.82, 2.24) is 4.31 Å². The maximum Gasteiger partial charge on any atom is 0.243 e. The van der Waals surface area contributed by atoms with Gasteiger partial charge in [0.2, 0.25) is 10.0 Å². The molecule has 0 amide bonds. The highest BCUT2D eigenvalue weighted by atomic mass is 32.2. The molecule has 2 aromatic rings. The number of benzene rings is 2. The maximum absolute atomic E-state index is 12.9. The van der Waals surface area contributed by atoms with Crippen molar-refractivity contribution in [1.29, 1.82) is 0 Å². The van der Waals surface area contributed by atoms with Crippen LogP contribution in [0.5, 0.6) is 0 Å². The first-order chi connectivity index (χ1) is 11.0. The molecule has 2 rings (SSSR count). The van der Waals surface area contributed by atoms with E-state index in [1.807, 2.05) is 32.9 Å². The van der Waals surface area contributed by atoms with Crippen LogP contribution in [-0.4, -0.2) is 32.1 Å². The van der Waals surface area contributed by atoms with E-state index < -0.39 is 10.0 Å².